The maximum atomic E-state index is 12.0. The van der Waals surface area contributed by atoms with Crippen LogP contribution in [0.4, 0.5) is 4.79 Å². The third-order valence-corrected chi connectivity index (χ3v) is 9.25. The third-order valence-electron chi connectivity index (χ3n) is 8.08. The van der Waals surface area contributed by atoms with Gasteiger partial charge >= 0.3 is 6.09 Å². The summed E-state index contributed by atoms with van der Waals surface area (Å²) in [5, 5.41) is 8.71. The summed E-state index contributed by atoms with van der Waals surface area (Å²) in [4.78, 5) is 29.4. The van der Waals surface area contributed by atoms with Crippen LogP contribution < -0.4 is 5.48 Å². The number of pyridine rings is 1. The Morgan fingerprint density at radius 1 is 1.29 bits per heavy atom. The highest BCUT2D eigenvalue weighted by atomic mass is 32.2. The molecule has 0 aromatic carbocycles. The predicted molar refractivity (Wildman–Crippen MR) is 150 cm³/mol. The second kappa shape index (κ2) is 16.2. The van der Waals surface area contributed by atoms with Crippen molar-refractivity contribution in [1.82, 2.24) is 19.7 Å². The van der Waals surface area contributed by atoms with E-state index in [0.29, 0.717) is 31.8 Å². The van der Waals surface area contributed by atoms with Gasteiger partial charge in [0.2, 0.25) is 5.91 Å². The number of hydroxylamine groups is 1. The zero-order valence-corrected chi connectivity index (χ0v) is 24.7. The summed E-state index contributed by atoms with van der Waals surface area (Å²) in [5.74, 6) is 0.261. The lowest BCUT2D eigenvalue weighted by Gasteiger charge is -2.37. The van der Waals surface area contributed by atoms with Crippen LogP contribution in [0, 0.1) is 18.3 Å². The molecular formula is C28H48N4O5S. The lowest BCUT2D eigenvalue weighted by Crippen LogP contribution is -2.48. The zero-order chi connectivity index (χ0) is 28.1. The molecule has 2 unspecified atom stereocenters. The molecule has 1 aromatic heterocycles. The number of carbonyl (C=O) groups is 2. The van der Waals surface area contributed by atoms with Gasteiger partial charge in [-0.2, -0.15) is 0 Å². The maximum Gasteiger partial charge on any atom is 0.410 e. The van der Waals surface area contributed by atoms with Crippen LogP contribution in [0.5, 0.6) is 0 Å². The van der Waals surface area contributed by atoms with Gasteiger partial charge in [-0.25, -0.2) is 18.8 Å². The van der Waals surface area contributed by atoms with Crippen LogP contribution in [-0.2, 0) is 26.9 Å². The van der Waals surface area contributed by atoms with E-state index in [9.17, 15) is 13.8 Å². The molecule has 2 heterocycles. The second-order valence-corrected chi connectivity index (χ2v) is 12.2. The van der Waals surface area contributed by atoms with Gasteiger partial charge in [0.25, 0.3) is 0 Å². The van der Waals surface area contributed by atoms with Crippen LogP contribution in [0.3, 0.4) is 0 Å². The largest absolute Gasteiger partial charge is 0.446 e. The summed E-state index contributed by atoms with van der Waals surface area (Å²) < 4.78 is 19.0. The van der Waals surface area contributed by atoms with Gasteiger partial charge in [0, 0.05) is 44.8 Å². The Kier molecular flexibility index (Phi) is 13.7. The first kappa shape index (κ1) is 32.2. The minimum absolute atomic E-state index is 0.0709. The smallest absolute Gasteiger partial charge is 0.410 e. The SMILES string of the molecule is CC1(C(=O)NO)CCN(C(=O)OC2CCCC2)CC1.CCC(CCN(CC)S(C)=O)Cc1cnccc1C. The number of carbonyl (C=O) groups excluding carboxylic acids is 2. The van der Waals surface area contributed by atoms with Crippen molar-refractivity contribution < 1.29 is 23.7 Å². The van der Waals surface area contributed by atoms with Gasteiger partial charge in [0.15, 0.2) is 0 Å². The molecule has 2 fully saturated rings. The van der Waals surface area contributed by atoms with Crippen LogP contribution in [0.15, 0.2) is 18.5 Å². The number of hydrogen-bond donors (Lipinski definition) is 2. The van der Waals surface area contributed by atoms with E-state index in [2.05, 4.69) is 31.8 Å². The minimum atomic E-state index is -0.852. The number of likely N-dealkylation sites (tertiary alicyclic amines) is 1. The monoisotopic (exact) mass is 552 g/mol. The Balaban J connectivity index is 0.000000267. The lowest BCUT2D eigenvalue weighted by molar-refractivity contribution is -0.141. The lowest BCUT2D eigenvalue weighted by atomic mass is 9.80. The summed E-state index contributed by atoms with van der Waals surface area (Å²) in [7, 11) is -0.852. The molecule has 2 aliphatic rings. The average Bonchev–Trinajstić information content (AvgIpc) is 3.42. The van der Waals surface area contributed by atoms with Crippen molar-refractivity contribution >= 4 is 23.0 Å². The van der Waals surface area contributed by atoms with Crippen molar-refractivity contribution in [2.24, 2.45) is 11.3 Å². The first-order valence-electron chi connectivity index (χ1n) is 14.0. The molecule has 0 radical (unpaired) electrons. The van der Waals surface area contributed by atoms with Crippen LogP contribution >= 0.6 is 0 Å². The van der Waals surface area contributed by atoms with E-state index in [0.717, 1.165) is 58.0 Å². The molecule has 1 aromatic rings. The van der Waals surface area contributed by atoms with Gasteiger partial charge in [-0.15, -0.1) is 0 Å². The van der Waals surface area contributed by atoms with E-state index in [1.807, 2.05) is 16.7 Å². The topological polar surface area (TPSA) is 112 Å². The summed E-state index contributed by atoms with van der Waals surface area (Å²) in [6.07, 6.45) is 14.0. The minimum Gasteiger partial charge on any atom is -0.446 e. The van der Waals surface area contributed by atoms with Gasteiger partial charge in [-0.3, -0.25) is 15.0 Å². The number of rotatable bonds is 10. The molecule has 3 rings (SSSR count). The molecule has 1 aliphatic carbocycles. The van der Waals surface area contributed by atoms with Crippen LogP contribution in [0.2, 0.25) is 0 Å². The molecule has 1 saturated carbocycles. The van der Waals surface area contributed by atoms with Crippen LogP contribution in [0.1, 0.15) is 83.3 Å². The van der Waals surface area contributed by atoms with E-state index in [1.165, 1.54) is 11.1 Å². The molecule has 9 nitrogen and oxygen atoms in total. The maximum absolute atomic E-state index is 12.0. The molecule has 2 atom stereocenters. The molecule has 38 heavy (non-hydrogen) atoms. The van der Waals surface area contributed by atoms with Crippen LogP contribution in [0.25, 0.3) is 0 Å². The van der Waals surface area contributed by atoms with Crippen molar-refractivity contribution in [2.45, 2.75) is 91.6 Å². The molecular weight excluding hydrogens is 504 g/mol. The fourth-order valence-corrected chi connectivity index (χ4v) is 5.76. The number of amides is 2. The normalized spacial score (nSPS) is 18.9. The Labute approximate surface area is 231 Å². The Morgan fingerprint density at radius 3 is 2.47 bits per heavy atom. The molecule has 10 heteroatoms. The highest BCUT2D eigenvalue weighted by Gasteiger charge is 2.38. The van der Waals surface area contributed by atoms with Gasteiger partial charge in [0.1, 0.15) is 6.10 Å². The number of nitrogens with zero attached hydrogens (tertiary/aromatic N) is 3. The van der Waals surface area contributed by atoms with Crippen molar-refractivity contribution in [3.63, 3.8) is 0 Å². The van der Waals surface area contributed by atoms with Crippen LogP contribution in [-0.4, -0.2) is 74.1 Å². The van der Waals surface area contributed by atoms with E-state index < -0.39 is 16.4 Å². The van der Waals surface area contributed by atoms with E-state index in [4.69, 9.17) is 9.94 Å². The van der Waals surface area contributed by atoms with Gasteiger partial charge in [-0.05, 0) is 81.4 Å². The highest BCUT2D eigenvalue weighted by Crippen LogP contribution is 2.32. The molecule has 0 bridgehead atoms. The molecule has 216 valence electrons. The average molecular weight is 553 g/mol. The zero-order valence-electron chi connectivity index (χ0n) is 23.9. The second-order valence-electron chi connectivity index (χ2n) is 10.8. The Bertz CT molecular complexity index is 901. The highest BCUT2D eigenvalue weighted by molar-refractivity contribution is 7.81. The third kappa shape index (κ3) is 9.93. The summed E-state index contributed by atoms with van der Waals surface area (Å²) in [6, 6.07) is 2.07. The standard InChI is InChI=1S/C15H26N2OS.C13H22N2O4/c1-5-14(8-10-17(6-2)19(4)18)11-15-12-16-9-7-13(15)3;1-13(11(16)14-18)6-8-15(9-7-13)12(17)19-10-4-2-3-5-10/h7,9,12,14H,5-6,8,10-11H2,1-4H3;10,18H,2-9H2,1H3,(H,14,16). The number of hydrogen-bond acceptors (Lipinski definition) is 6. The first-order valence-corrected chi connectivity index (χ1v) is 15.5. The Hall–Kier alpha value is -2.04. The van der Waals surface area contributed by atoms with Gasteiger partial charge in [0.05, 0.1) is 16.4 Å². The fraction of sp³-hybridized carbons (Fsp3) is 0.750. The Morgan fingerprint density at radius 2 is 1.95 bits per heavy atom. The predicted octanol–water partition coefficient (Wildman–Crippen LogP) is 4.64. The van der Waals surface area contributed by atoms with Crippen molar-refractivity contribution in [3.05, 3.63) is 29.6 Å². The molecule has 1 saturated heterocycles. The number of aromatic nitrogens is 1. The summed E-state index contributed by atoms with van der Waals surface area (Å²) in [5.41, 5.74) is 3.77. The quantitative estimate of drug-likeness (QED) is 0.323. The van der Waals surface area contributed by atoms with E-state index >= 15 is 0 Å². The van der Waals surface area contributed by atoms with Crippen molar-refractivity contribution in [2.75, 3.05) is 32.4 Å². The summed E-state index contributed by atoms with van der Waals surface area (Å²) >= 11 is 0. The number of piperidine rings is 1. The molecule has 0 spiro atoms. The van der Waals surface area contributed by atoms with Crippen molar-refractivity contribution in [1.29, 1.82) is 0 Å². The van der Waals surface area contributed by atoms with E-state index in [-0.39, 0.29) is 18.1 Å². The summed E-state index contributed by atoms with van der Waals surface area (Å²) in [6.45, 7) is 11.0. The van der Waals surface area contributed by atoms with E-state index in [1.54, 1.807) is 23.6 Å². The van der Waals surface area contributed by atoms with Crippen molar-refractivity contribution in [3.8, 4) is 0 Å². The number of aryl methyl sites for hydroxylation is 1. The molecule has 2 amide bonds. The van der Waals surface area contributed by atoms with Gasteiger partial charge < -0.3 is 9.64 Å². The number of nitrogens with one attached hydrogen (secondary N) is 1. The fourth-order valence-electron chi connectivity index (χ4n) is 5.04. The number of ether oxygens (including phenoxy) is 1. The first-order chi connectivity index (χ1) is 18.1. The van der Waals surface area contributed by atoms with Gasteiger partial charge in [-0.1, -0.05) is 27.2 Å². The molecule has 1 aliphatic heterocycles. The molecule has 2 N–H and O–H groups in total.